The van der Waals surface area contributed by atoms with E-state index in [0.717, 1.165) is 26.2 Å². The van der Waals surface area contributed by atoms with Gasteiger partial charge < -0.3 is 0 Å². The maximum atomic E-state index is 8.81. The highest BCUT2D eigenvalue weighted by Gasteiger charge is 2.23. The summed E-state index contributed by atoms with van der Waals surface area (Å²) in [5.41, 5.74) is 1.24. The van der Waals surface area contributed by atoms with Crippen LogP contribution in [0.3, 0.4) is 0 Å². The fourth-order valence-electron chi connectivity index (χ4n) is 2.23. The maximum absolute atomic E-state index is 8.81. The molecule has 90 valence electrons. The van der Waals surface area contributed by atoms with Crippen molar-refractivity contribution >= 4 is 0 Å². The molecule has 1 fully saturated rings. The monoisotopic (exact) mass is 230 g/mol. The molecule has 0 amide bonds. The van der Waals surface area contributed by atoms with Crippen LogP contribution in [0.1, 0.15) is 12.0 Å². The summed E-state index contributed by atoms with van der Waals surface area (Å²) in [6.07, 6.45) is 4.32. The zero-order valence-electron chi connectivity index (χ0n) is 10.2. The predicted octanol–water partition coefficient (Wildman–Crippen LogP) is 1.11. The van der Waals surface area contributed by atoms with Crippen molar-refractivity contribution in [1.29, 1.82) is 5.26 Å². The summed E-state index contributed by atoms with van der Waals surface area (Å²) in [7, 11) is 2.10. The van der Waals surface area contributed by atoms with E-state index in [4.69, 9.17) is 5.26 Å². The van der Waals surface area contributed by atoms with E-state index >= 15 is 0 Å². The fraction of sp³-hybridized carbons (Fsp3) is 0.538. The van der Waals surface area contributed by atoms with E-state index < -0.39 is 0 Å². The summed E-state index contributed by atoms with van der Waals surface area (Å²) in [4.78, 5) is 8.81. The number of aromatic nitrogens is 1. The molecular formula is C13H18N4. The van der Waals surface area contributed by atoms with Gasteiger partial charge in [-0.05, 0) is 18.7 Å². The quantitative estimate of drug-likeness (QED) is 0.780. The lowest BCUT2D eigenvalue weighted by Crippen LogP contribution is -2.50. The van der Waals surface area contributed by atoms with Crippen molar-refractivity contribution in [3.8, 4) is 6.07 Å². The number of nitrogens with zero attached hydrogens (tertiary/aromatic N) is 4. The second-order valence-electron chi connectivity index (χ2n) is 4.59. The van der Waals surface area contributed by atoms with Gasteiger partial charge in [0.2, 0.25) is 0 Å². The molecule has 1 aromatic heterocycles. The van der Waals surface area contributed by atoms with Crippen LogP contribution in [0.5, 0.6) is 0 Å². The third-order valence-corrected chi connectivity index (χ3v) is 3.32. The van der Waals surface area contributed by atoms with Crippen molar-refractivity contribution in [2.45, 2.75) is 19.0 Å². The smallest absolute Gasteiger partial charge is 0.0638 e. The van der Waals surface area contributed by atoms with Crippen molar-refractivity contribution in [2.75, 3.05) is 26.7 Å². The van der Waals surface area contributed by atoms with Crippen LogP contribution in [0, 0.1) is 11.3 Å². The minimum absolute atomic E-state index is 0.366. The molecule has 1 atom stereocenters. The Kier molecular flexibility index (Phi) is 4.08. The molecule has 4 nitrogen and oxygen atoms in total. The Morgan fingerprint density at radius 1 is 1.53 bits per heavy atom. The van der Waals surface area contributed by atoms with Crippen LogP contribution in [0.15, 0.2) is 24.5 Å². The molecule has 0 radical (unpaired) electrons. The van der Waals surface area contributed by atoms with Crippen LogP contribution in [0.2, 0.25) is 0 Å². The van der Waals surface area contributed by atoms with Crippen molar-refractivity contribution in [2.24, 2.45) is 0 Å². The van der Waals surface area contributed by atoms with E-state index in [9.17, 15) is 0 Å². The first kappa shape index (κ1) is 12.0. The first-order chi connectivity index (χ1) is 8.29. The van der Waals surface area contributed by atoms with Crippen molar-refractivity contribution < 1.29 is 0 Å². The first-order valence-electron chi connectivity index (χ1n) is 5.98. The van der Waals surface area contributed by atoms with E-state index in [0.29, 0.717) is 12.5 Å². The van der Waals surface area contributed by atoms with Gasteiger partial charge in [-0.15, -0.1) is 0 Å². The lowest BCUT2D eigenvalue weighted by molar-refractivity contribution is 0.0927. The second-order valence-corrected chi connectivity index (χ2v) is 4.59. The number of hydrogen-bond donors (Lipinski definition) is 0. The summed E-state index contributed by atoms with van der Waals surface area (Å²) >= 11 is 0. The van der Waals surface area contributed by atoms with E-state index in [1.54, 1.807) is 6.20 Å². The molecule has 0 bridgehead atoms. The molecule has 2 rings (SSSR count). The van der Waals surface area contributed by atoms with Gasteiger partial charge in [-0.25, -0.2) is 0 Å². The van der Waals surface area contributed by atoms with Crippen LogP contribution in [-0.2, 0) is 6.54 Å². The maximum Gasteiger partial charge on any atom is 0.0638 e. The van der Waals surface area contributed by atoms with Crippen LogP contribution < -0.4 is 0 Å². The largest absolute Gasteiger partial charge is 0.300 e. The van der Waals surface area contributed by atoms with Crippen LogP contribution >= 0.6 is 0 Å². The molecule has 0 N–H and O–H groups in total. The van der Waals surface area contributed by atoms with Crippen LogP contribution in [-0.4, -0.2) is 47.5 Å². The van der Waals surface area contributed by atoms with Crippen LogP contribution in [0.4, 0.5) is 0 Å². The Hall–Kier alpha value is -1.44. The summed E-state index contributed by atoms with van der Waals surface area (Å²) in [5.74, 6) is 0. The topological polar surface area (TPSA) is 43.2 Å². The van der Waals surface area contributed by atoms with Gasteiger partial charge in [-0.1, -0.05) is 6.07 Å². The van der Waals surface area contributed by atoms with Crippen molar-refractivity contribution in [3.05, 3.63) is 30.1 Å². The molecule has 1 aromatic rings. The minimum Gasteiger partial charge on any atom is -0.300 e. The van der Waals surface area contributed by atoms with E-state index in [1.807, 2.05) is 12.3 Å². The molecule has 17 heavy (non-hydrogen) atoms. The summed E-state index contributed by atoms with van der Waals surface area (Å²) < 4.78 is 0. The normalized spacial score (nSPS) is 22.2. The summed E-state index contributed by atoms with van der Waals surface area (Å²) in [6.45, 7) is 4.00. The Labute approximate surface area is 102 Å². The Morgan fingerprint density at radius 3 is 3.12 bits per heavy atom. The highest BCUT2D eigenvalue weighted by molar-refractivity contribution is 5.08. The van der Waals surface area contributed by atoms with Gasteiger partial charge in [0.1, 0.15) is 0 Å². The van der Waals surface area contributed by atoms with Gasteiger partial charge in [0.05, 0.1) is 12.5 Å². The number of pyridine rings is 1. The standard InChI is InChI=1S/C13H18N4/c1-16-7-8-17(11-13(16)4-5-14)10-12-3-2-6-15-9-12/h2-3,6,9,13H,4,7-8,10-11H2,1H3. The van der Waals surface area contributed by atoms with Gasteiger partial charge in [-0.3, -0.25) is 14.8 Å². The average molecular weight is 230 g/mol. The van der Waals surface area contributed by atoms with Crippen molar-refractivity contribution in [1.82, 2.24) is 14.8 Å². The molecule has 1 saturated heterocycles. The first-order valence-corrected chi connectivity index (χ1v) is 5.98. The van der Waals surface area contributed by atoms with E-state index in [1.165, 1.54) is 5.56 Å². The van der Waals surface area contributed by atoms with Gasteiger partial charge >= 0.3 is 0 Å². The Balaban J connectivity index is 1.93. The number of piperazine rings is 1. The molecule has 4 heteroatoms. The fourth-order valence-corrected chi connectivity index (χ4v) is 2.23. The number of nitriles is 1. The molecule has 0 spiro atoms. The molecule has 1 aliphatic rings. The minimum atomic E-state index is 0.366. The summed E-state index contributed by atoms with van der Waals surface area (Å²) in [5, 5.41) is 8.81. The lowest BCUT2D eigenvalue weighted by atomic mass is 10.1. The SMILES string of the molecule is CN1CCN(Cc2cccnc2)CC1CC#N. The lowest BCUT2D eigenvalue weighted by Gasteiger charge is -2.38. The average Bonchev–Trinajstić information content (AvgIpc) is 2.35. The Bertz CT molecular complexity index is 384. The number of rotatable bonds is 3. The number of hydrogen-bond acceptors (Lipinski definition) is 4. The third-order valence-electron chi connectivity index (χ3n) is 3.32. The van der Waals surface area contributed by atoms with E-state index in [2.05, 4.69) is 34.0 Å². The molecular weight excluding hydrogens is 212 g/mol. The highest BCUT2D eigenvalue weighted by Crippen LogP contribution is 2.13. The number of likely N-dealkylation sites (N-methyl/N-ethyl adjacent to an activating group) is 1. The highest BCUT2D eigenvalue weighted by atomic mass is 15.3. The third kappa shape index (κ3) is 3.26. The predicted molar refractivity (Wildman–Crippen MR) is 66.2 cm³/mol. The van der Waals surface area contributed by atoms with Gasteiger partial charge in [0, 0.05) is 44.6 Å². The van der Waals surface area contributed by atoms with Crippen molar-refractivity contribution in [3.63, 3.8) is 0 Å². The molecule has 2 heterocycles. The molecule has 1 aliphatic heterocycles. The van der Waals surface area contributed by atoms with Crippen LogP contribution in [0.25, 0.3) is 0 Å². The molecule has 0 saturated carbocycles. The summed E-state index contributed by atoms with van der Waals surface area (Å²) in [6, 6.07) is 6.71. The van der Waals surface area contributed by atoms with Gasteiger partial charge in [0.15, 0.2) is 0 Å². The zero-order valence-corrected chi connectivity index (χ0v) is 10.2. The second kappa shape index (κ2) is 5.76. The van der Waals surface area contributed by atoms with Gasteiger partial charge in [0.25, 0.3) is 0 Å². The molecule has 0 aliphatic carbocycles. The Morgan fingerprint density at radius 2 is 2.41 bits per heavy atom. The molecule has 1 unspecified atom stereocenters. The molecule has 0 aromatic carbocycles. The zero-order chi connectivity index (χ0) is 12.1. The van der Waals surface area contributed by atoms with Gasteiger partial charge in [-0.2, -0.15) is 5.26 Å². The van der Waals surface area contributed by atoms with E-state index in [-0.39, 0.29) is 0 Å².